The maximum absolute atomic E-state index is 13.3. The van der Waals surface area contributed by atoms with Gasteiger partial charge >= 0.3 is 6.03 Å². The lowest BCUT2D eigenvalue weighted by Crippen LogP contribution is -2.45. The second-order valence-corrected chi connectivity index (χ2v) is 7.14. The van der Waals surface area contributed by atoms with Gasteiger partial charge in [-0.3, -0.25) is 9.69 Å². The molecule has 1 atom stereocenters. The summed E-state index contributed by atoms with van der Waals surface area (Å²) in [6.45, 7) is 5.56. The standard InChI is InChI=1S/C21H24ClN3O2/c1-3-21(17-11-8-12-18(22)13-17)19(26)25(20(27)23-21)15-24(4-2)14-16-9-6-5-7-10-16/h5-13H,3-4,14-15H2,1-2H3,(H,23,27)/t21-/m1/s1. The number of benzene rings is 2. The number of rotatable bonds is 7. The number of imide groups is 1. The number of carbonyl (C=O) groups is 2. The van der Waals surface area contributed by atoms with Crippen LogP contribution in [0.3, 0.4) is 0 Å². The quantitative estimate of drug-likeness (QED) is 0.733. The molecule has 0 spiro atoms. The summed E-state index contributed by atoms with van der Waals surface area (Å²) in [5, 5.41) is 3.45. The number of urea groups is 1. The van der Waals surface area contributed by atoms with Crippen LogP contribution < -0.4 is 5.32 Å². The van der Waals surface area contributed by atoms with Crippen LogP contribution in [0.4, 0.5) is 4.79 Å². The molecule has 0 radical (unpaired) electrons. The first-order chi connectivity index (χ1) is 13.0. The normalized spacial score (nSPS) is 19.6. The molecule has 0 aliphatic carbocycles. The van der Waals surface area contributed by atoms with Crippen molar-refractivity contribution in [3.63, 3.8) is 0 Å². The summed E-state index contributed by atoms with van der Waals surface area (Å²) in [6, 6.07) is 16.8. The number of hydrogen-bond acceptors (Lipinski definition) is 3. The number of halogens is 1. The third-order valence-corrected chi connectivity index (χ3v) is 5.30. The molecule has 0 saturated carbocycles. The van der Waals surface area contributed by atoms with E-state index in [0.29, 0.717) is 23.6 Å². The minimum atomic E-state index is -1.06. The highest BCUT2D eigenvalue weighted by Gasteiger charge is 2.51. The molecule has 1 aliphatic rings. The second kappa shape index (κ2) is 8.11. The molecule has 0 bridgehead atoms. The van der Waals surface area contributed by atoms with Gasteiger partial charge < -0.3 is 5.32 Å². The Bertz CT molecular complexity index is 827. The van der Waals surface area contributed by atoms with Crippen LogP contribution in [0, 0.1) is 0 Å². The van der Waals surface area contributed by atoms with Gasteiger partial charge in [0.15, 0.2) is 0 Å². The monoisotopic (exact) mass is 385 g/mol. The summed E-state index contributed by atoms with van der Waals surface area (Å²) < 4.78 is 0. The summed E-state index contributed by atoms with van der Waals surface area (Å²) in [5.74, 6) is -0.233. The molecule has 3 amide bonds. The van der Waals surface area contributed by atoms with Gasteiger partial charge in [0.1, 0.15) is 5.54 Å². The Kier molecular flexibility index (Phi) is 5.82. The third kappa shape index (κ3) is 3.84. The van der Waals surface area contributed by atoms with Crippen molar-refractivity contribution < 1.29 is 9.59 Å². The molecule has 1 saturated heterocycles. The number of amides is 3. The Morgan fingerprint density at radius 1 is 1.07 bits per heavy atom. The molecule has 1 fully saturated rings. The molecule has 1 aliphatic heterocycles. The Balaban J connectivity index is 1.82. The Morgan fingerprint density at radius 3 is 2.44 bits per heavy atom. The number of nitrogens with zero attached hydrogens (tertiary/aromatic N) is 2. The van der Waals surface area contributed by atoms with Crippen molar-refractivity contribution in [2.75, 3.05) is 13.2 Å². The molecular weight excluding hydrogens is 362 g/mol. The van der Waals surface area contributed by atoms with Crippen molar-refractivity contribution in [1.82, 2.24) is 15.1 Å². The first-order valence-electron chi connectivity index (χ1n) is 9.16. The maximum atomic E-state index is 13.3. The van der Waals surface area contributed by atoms with Gasteiger partial charge in [-0.15, -0.1) is 0 Å². The summed E-state index contributed by atoms with van der Waals surface area (Å²) in [6.07, 6.45) is 0.458. The molecule has 1 heterocycles. The molecule has 142 valence electrons. The average Bonchev–Trinajstić information content (AvgIpc) is 2.93. The molecular formula is C21H24ClN3O2. The smallest absolute Gasteiger partial charge is 0.319 e. The Labute approximate surface area is 164 Å². The van der Waals surface area contributed by atoms with E-state index in [1.807, 2.05) is 50.2 Å². The van der Waals surface area contributed by atoms with E-state index in [1.165, 1.54) is 4.90 Å². The van der Waals surface area contributed by atoms with Crippen LogP contribution in [0.2, 0.25) is 5.02 Å². The summed E-state index contributed by atoms with van der Waals surface area (Å²) in [5.41, 5.74) is 0.793. The summed E-state index contributed by atoms with van der Waals surface area (Å²) >= 11 is 6.11. The Morgan fingerprint density at radius 2 is 1.81 bits per heavy atom. The topological polar surface area (TPSA) is 52.6 Å². The summed E-state index contributed by atoms with van der Waals surface area (Å²) in [7, 11) is 0. The highest BCUT2D eigenvalue weighted by atomic mass is 35.5. The van der Waals surface area contributed by atoms with E-state index >= 15 is 0 Å². The van der Waals surface area contributed by atoms with E-state index < -0.39 is 5.54 Å². The van der Waals surface area contributed by atoms with Crippen LogP contribution in [0.25, 0.3) is 0 Å². The molecule has 27 heavy (non-hydrogen) atoms. The maximum Gasteiger partial charge on any atom is 0.326 e. The SMILES string of the molecule is CCN(Cc1ccccc1)CN1C(=O)N[C@](CC)(c2cccc(Cl)c2)C1=O. The van der Waals surface area contributed by atoms with Gasteiger partial charge in [0, 0.05) is 11.6 Å². The van der Waals surface area contributed by atoms with Crippen molar-refractivity contribution in [1.29, 1.82) is 0 Å². The molecule has 0 unspecified atom stereocenters. The fourth-order valence-electron chi connectivity index (χ4n) is 3.45. The number of nitrogens with one attached hydrogen (secondary N) is 1. The average molecular weight is 386 g/mol. The molecule has 6 heteroatoms. The van der Waals surface area contributed by atoms with Crippen molar-refractivity contribution in [2.45, 2.75) is 32.4 Å². The lowest BCUT2D eigenvalue weighted by Gasteiger charge is -2.28. The predicted octanol–water partition coefficient (Wildman–Crippen LogP) is 3.98. The molecule has 2 aromatic rings. The first kappa shape index (κ1) is 19.4. The second-order valence-electron chi connectivity index (χ2n) is 6.70. The van der Waals surface area contributed by atoms with E-state index in [-0.39, 0.29) is 18.6 Å². The van der Waals surface area contributed by atoms with Crippen LogP contribution in [-0.2, 0) is 16.9 Å². The first-order valence-corrected chi connectivity index (χ1v) is 9.54. The lowest BCUT2D eigenvalue weighted by molar-refractivity contribution is -0.133. The van der Waals surface area contributed by atoms with Crippen molar-refractivity contribution in [2.24, 2.45) is 0 Å². The number of carbonyl (C=O) groups excluding carboxylic acids is 2. The van der Waals surface area contributed by atoms with Crippen LogP contribution in [0.15, 0.2) is 54.6 Å². The fraction of sp³-hybridized carbons (Fsp3) is 0.333. The van der Waals surface area contributed by atoms with Gasteiger partial charge in [0.25, 0.3) is 5.91 Å². The van der Waals surface area contributed by atoms with Gasteiger partial charge in [-0.2, -0.15) is 0 Å². The largest absolute Gasteiger partial charge is 0.326 e. The molecule has 5 nitrogen and oxygen atoms in total. The summed E-state index contributed by atoms with van der Waals surface area (Å²) in [4.78, 5) is 29.3. The zero-order valence-electron chi connectivity index (χ0n) is 15.6. The van der Waals surface area contributed by atoms with Gasteiger partial charge in [-0.25, -0.2) is 9.69 Å². The molecule has 1 N–H and O–H groups in total. The van der Waals surface area contributed by atoms with E-state index in [1.54, 1.807) is 18.2 Å². The molecule has 0 aromatic heterocycles. The van der Waals surface area contributed by atoms with Crippen molar-refractivity contribution in [3.05, 3.63) is 70.7 Å². The highest BCUT2D eigenvalue weighted by molar-refractivity contribution is 6.30. The molecule has 2 aromatic carbocycles. The van der Waals surface area contributed by atoms with Crippen molar-refractivity contribution >= 4 is 23.5 Å². The van der Waals surface area contributed by atoms with Gasteiger partial charge in [0.05, 0.1) is 6.67 Å². The van der Waals surface area contributed by atoms with Gasteiger partial charge in [0.2, 0.25) is 0 Å². The van der Waals surface area contributed by atoms with Crippen LogP contribution in [0.1, 0.15) is 31.4 Å². The minimum absolute atomic E-state index is 0.233. The van der Waals surface area contributed by atoms with E-state index in [4.69, 9.17) is 11.6 Å². The van der Waals surface area contributed by atoms with Crippen LogP contribution in [0.5, 0.6) is 0 Å². The minimum Gasteiger partial charge on any atom is -0.319 e. The molecule has 3 rings (SSSR count). The predicted molar refractivity (Wildman–Crippen MR) is 106 cm³/mol. The van der Waals surface area contributed by atoms with E-state index in [0.717, 1.165) is 12.1 Å². The van der Waals surface area contributed by atoms with Crippen LogP contribution in [-0.4, -0.2) is 35.0 Å². The zero-order chi connectivity index (χ0) is 19.4. The van der Waals surface area contributed by atoms with Gasteiger partial charge in [-0.05, 0) is 36.2 Å². The van der Waals surface area contributed by atoms with E-state index in [2.05, 4.69) is 10.2 Å². The zero-order valence-corrected chi connectivity index (χ0v) is 16.4. The van der Waals surface area contributed by atoms with E-state index in [9.17, 15) is 9.59 Å². The van der Waals surface area contributed by atoms with Crippen LogP contribution >= 0.6 is 11.6 Å². The van der Waals surface area contributed by atoms with Crippen molar-refractivity contribution in [3.8, 4) is 0 Å². The fourth-order valence-corrected chi connectivity index (χ4v) is 3.64. The highest BCUT2D eigenvalue weighted by Crippen LogP contribution is 2.33. The van der Waals surface area contributed by atoms with Gasteiger partial charge in [-0.1, -0.05) is 67.9 Å². The third-order valence-electron chi connectivity index (χ3n) is 5.06. The lowest BCUT2D eigenvalue weighted by atomic mass is 9.87. The Hall–Kier alpha value is -2.37. The number of hydrogen-bond donors (Lipinski definition) is 1.